The average Bonchev–Trinajstić information content (AvgIpc) is 2.44. The smallest absolute Gasteiger partial charge is 0.119 e. The number of hydrogen-bond acceptors (Lipinski definition) is 3. The molecule has 2 rings (SSSR count). The van der Waals surface area contributed by atoms with Crippen LogP contribution in [0.1, 0.15) is 24.5 Å². The van der Waals surface area contributed by atoms with Crippen LogP contribution >= 0.6 is 0 Å². The first-order chi connectivity index (χ1) is 9.28. The van der Waals surface area contributed by atoms with E-state index in [0.29, 0.717) is 0 Å². The minimum absolute atomic E-state index is 0.770. The first kappa shape index (κ1) is 13.4. The van der Waals surface area contributed by atoms with Gasteiger partial charge in [0.2, 0.25) is 0 Å². The van der Waals surface area contributed by atoms with Gasteiger partial charge in [0.05, 0.1) is 12.3 Å². The number of nitrogens with zero attached hydrogens (tertiary/aromatic N) is 1. The average molecular weight is 256 g/mol. The molecule has 1 aromatic carbocycles. The van der Waals surface area contributed by atoms with Crippen molar-refractivity contribution in [2.45, 2.75) is 26.8 Å². The lowest BCUT2D eigenvalue weighted by atomic mass is 10.2. The van der Waals surface area contributed by atoms with Crippen LogP contribution in [0.2, 0.25) is 0 Å². The zero-order chi connectivity index (χ0) is 13.5. The van der Waals surface area contributed by atoms with E-state index in [2.05, 4.69) is 35.4 Å². The first-order valence-electron chi connectivity index (χ1n) is 6.65. The second-order valence-corrected chi connectivity index (χ2v) is 4.60. The van der Waals surface area contributed by atoms with Crippen molar-refractivity contribution in [3.05, 3.63) is 53.9 Å². The van der Waals surface area contributed by atoms with E-state index in [0.717, 1.165) is 36.6 Å². The Bertz CT molecular complexity index is 508. The van der Waals surface area contributed by atoms with Crippen molar-refractivity contribution in [1.29, 1.82) is 0 Å². The van der Waals surface area contributed by atoms with Gasteiger partial charge in [0.25, 0.3) is 0 Å². The van der Waals surface area contributed by atoms with Crippen LogP contribution in [0.5, 0.6) is 5.75 Å². The third-order valence-corrected chi connectivity index (χ3v) is 2.77. The molecule has 2 aromatic rings. The summed E-state index contributed by atoms with van der Waals surface area (Å²) in [6, 6.07) is 10.3. The molecule has 0 unspecified atom stereocenters. The summed E-state index contributed by atoms with van der Waals surface area (Å²) in [6.45, 7) is 5.71. The van der Waals surface area contributed by atoms with Gasteiger partial charge in [0.1, 0.15) is 5.75 Å². The highest BCUT2D eigenvalue weighted by Gasteiger charge is 1.97. The van der Waals surface area contributed by atoms with Gasteiger partial charge in [-0.1, -0.05) is 19.1 Å². The summed E-state index contributed by atoms with van der Waals surface area (Å²) in [4.78, 5) is 4.16. The monoisotopic (exact) mass is 256 g/mol. The summed E-state index contributed by atoms with van der Waals surface area (Å²) in [7, 11) is 0. The third kappa shape index (κ3) is 4.28. The number of aromatic nitrogens is 1. The van der Waals surface area contributed by atoms with E-state index in [-0.39, 0.29) is 0 Å². The molecular formula is C16H20N2O. The van der Waals surface area contributed by atoms with Gasteiger partial charge < -0.3 is 10.1 Å². The number of hydrogen-bond donors (Lipinski definition) is 1. The Balaban J connectivity index is 1.89. The Kier molecular flexibility index (Phi) is 4.78. The summed E-state index contributed by atoms with van der Waals surface area (Å²) in [5, 5.41) is 3.36. The molecule has 0 radical (unpaired) electrons. The van der Waals surface area contributed by atoms with Gasteiger partial charge in [0.15, 0.2) is 0 Å². The first-order valence-corrected chi connectivity index (χ1v) is 6.65. The minimum atomic E-state index is 0.770. The van der Waals surface area contributed by atoms with Crippen LogP contribution < -0.4 is 10.1 Å². The number of pyridine rings is 1. The molecule has 1 aromatic heterocycles. The van der Waals surface area contributed by atoms with E-state index in [1.54, 1.807) is 0 Å². The fourth-order valence-electron chi connectivity index (χ4n) is 1.78. The second kappa shape index (κ2) is 6.78. The summed E-state index contributed by atoms with van der Waals surface area (Å²) < 4.78 is 5.56. The molecule has 0 saturated carbocycles. The Morgan fingerprint density at radius 2 is 1.95 bits per heavy atom. The number of benzene rings is 1. The second-order valence-electron chi connectivity index (χ2n) is 4.60. The fourth-order valence-corrected chi connectivity index (χ4v) is 1.78. The molecule has 0 amide bonds. The van der Waals surface area contributed by atoms with Crippen LogP contribution in [-0.2, 0) is 6.54 Å². The highest BCUT2D eigenvalue weighted by molar-refractivity contribution is 5.43. The molecule has 1 heterocycles. The zero-order valence-electron chi connectivity index (χ0n) is 11.5. The van der Waals surface area contributed by atoms with Gasteiger partial charge in [-0.25, -0.2) is 0 Å². The van der Waals surface area contributed by atoms with Crippen LogP contribution in [0.4, 0.5) is 5.69 Å². The van der Waals surface area contributed by atoms with Crippen molar-refractivity contribution in [2.75, 3.05) is 11.9 Å². The summed E-state index contributed by atoms with van der Waals surface area (Å²) in [6.07, 6.45) is 4.72. The van der Waals surface area contributed by atoms with Gasteiger partial charge in [-0.05, 0) is 42.7 Å². The Hall–Kier alpha value is -2.03. The third-order valence-electron chi connectivity index (χ3n) is 2.77. The van der Waals surface area contributed by atoms with Gasteiger partial charge in [-0.3, -0.25) is 4.98 Å². The lowest BCUT2D eigenvalue weighted by Crippen LogP contribution is -2.00. The lowest BCUT2D eigenvalue weighted by molar-refractivity contribution is 0.317. The highest BCUT2D eigenvalue weighted by Crippen LogP contribution is 2.14. The molecule has 19 heavy (non-hydrogen) atoms. The minimum Gasteiger partial charge on any atom is -0.494 e. The maximum atomic E-state index is 5.56. The molecule has 0 fully saturated rings. The van der Waals surface area contributed by atoms with Crippen LogP contribution in [0.25, 0.3) is 0 Å². The number of nitrogens with one attached hydrogen (secondary N) is 1. The molecule has 0 spiro atoms. The van der Waals surface area contributed by atoms with Gasteiger partial charge in [0, 0.05) is 18.9 Å². The molecule has 3 nitrogen and oxygen atoms in total. The molecule has 3 heteroatoms. The largest absolute Gasteiger partial charge is 0.494 e. The van der Waals surface area contributed by atoms with E-state index < -0.39 is 0 Å². The predicted molar refractivity (Wildman–Crippen MR) is 78.5 cm³/mol. The molecule has 0 saturated heterocycles. The SMILES string of the molecule is CCCOc1ccc(CNc2cncc(C)c2)cc1. The predicted octanol–water partition coefficient (Wildman–Crippen LogP) is 3.79. The van der Waals surface area contributed by atoms with Crippen LogP contribution in [-0.4, -0.2) is 11.6 Å². The van der Waals surface area contributed by atoms with Crippen molar-refractivity contribution in [1.82, 2.24) is 4.98 Å². The molecule has 0 aliphatic carbocycles. The van der Waals surface area contributed by atoms with Crippen molar-refractivity contribution in [2.24, 2.45) is 0 Å². The number of aryl methyl sites for hydroxylation is 1. The van der Waals surface area contributed by atoms with E-state index in [1.165, 1.54) is 5.56 Å². The zero-order valence-corrected chi connectivity index (χ0v) is 11.5. The summed E-state index contributed by atoms with van der Waals surface area (Å²) >= 11 is 0. The van der Waals surface area contributed by atoms with Gasteiger partial charge in [-0.15, -0.1) is 0 Å². The summed E-state index contributed by atoms with van der Waals surface area (Å²) in [5.41, 5.74) is 3.44. The molecule has 0 atom stereocenters. The normalized spacial score (nSPS) is 10.2. The van der Waals surface area contributed by atoms with Crippen molar-refractivity contribution in [3.8, 4) is 5.75 Å². The molecule has 0 aliphatic rings. The van der Waals surface area contributed by atoms with E-state index in [1.807, 2.05) is 31.5 Å². The fraction of sp³-hybridized carbons (Fsp3) is 0.312. The van der Waals surface area contributed by atoms with Crippen LogP contribution in [0.3, 0.4) is 0 Å². The summed E-state index contributed by atoms with van der Waals surface area (Å²) in [5.74, 6) is 0.933. The molecule has 0 bridgehead atoms. The maximum Gasteiger partial charge on any atom is 0.119 e. The van der Waals surface area contributed by atoms with Gasteiger partial charge in [-0.2, -0.15) is 0 Å². The van der Waals surface area contributed by atoms with Gasteiger partial charge >= 0.3 is 0 Å². The van der Waals surface area contributed by atoms with Crippen molar-refractivity contribution >= 4 is 5.69 Å². The molecule has 0 aliphatic heterocycles. The Morgan fingerprint density at radius 1 is 1.16 bits per heavy atom. The van der Waals surface area contributed by atoms with Crippen LogP contribution in [0, 0.1) is 6.92 Å². The topological polar surface area (TPSA) is 34.1 Å². The maximum absolute atomic E-state index is 5.56. The highest BCUT2D eigenvalue weighted by atomic mass is 16.5. The molecule has 1 N–H and O–H groups in total. The van der Waals surface area contributed by atoms with Crippen molar-refractivity contribution < 1.29 is 4.74 Å². The standard InChI is InChI=1S/C16H20N2O/c1-3-8-19-16-6-4-14(5-7-16)11-18-15-9-13(2)10-17-12-15/h4-7,9-10,12,18H,3,8,11H2,1-2H3. The van der Waals surface area contributed by atoms with E-state index in [9.17, 15) is 0 Å². The van der Waals surface area contributed by atoms with Crippen LogP contribution in [0.15, 0.2) is 42.7 Å². The number of ether oxygens (including phenoxy) is 1. The number of anilines is 1. The number of rotatable bonds is 6. The lowest BCUT2D eigenvalue weighted by Gasteiger charge is -2.08. The Morgan fingerprint density at radius 3 is 2.63 bits per heavy atom. The quantitative estimate of drug-likeness (QED) is 0.853. The Labute approximate surface area is 114 Å². The van der Waals surface area contributed by atoms with E-state index >= 15 is 0 Å². The molecular weight excluding hydrogens is 236 g/mol. The molecule has 100 valence electrons. The van der Waals surface area contributed by atoms with Crippen molar-refractivity contribution in [3.63, 3.8) is 0 Å². The van der Waals surface area contributed by atoms with E-state index in [4.69, 9.17) is 4.74 Å².